The first kappa shape index (κ1) is 25.4. The molecule has 4 atom stereocenters. The van der Waals surface area contributed by atoms with E-state index in [1.807, 2.05) is 36.4 Å². The number of imidazole rings is 1. The number of fused-ring (bicyclic) bond motifs is 1. The van der Waals surface area contributed by atoms with Crippen LogP contribution in [0.3, 0.4) is 0 Å². The number of aliphatic hydroxyl groups is 3. The number of benzene rings is 2. The highest BCUT2D eigenvalue weighted by atomic mass is 16.6. The molecule has 1 saturated heterocycles. The standard InChI is InChI=1S/C25H27N7O6/c1-36-17-9-15(7-8-16(17)37-12-14-5-3-2-4-6-14)10-29-31-25-30-19-22(26)27-13-28-23(19)32(25)24-21(35)20(34)18(11-33)38-24/h2-10,13,18,20-21,24,33-35H,11-12H2,1H3,(H,30,31)(H2,26,27,28)/b29-10+. The van der Waals surface area contributed by atoms with E-state index in [9.17, 15) is 15.3 Å². The van der Waals surface area contributed by atoms with Crippen LogP contribution < -0.4 is 20.6 Å². The van der Waals surface area contributed by atoms with Gasteiger partial charge in [-0.2, -0.15) is 5.10 Å². The highest BCUT2D eigenvalue weighted by Gasteiger charge is 2.45. The highest BCUT2D eigenvalue weighted by molar-refractivity contribution is 5.85. The average Bonchev–Trinajstić information content (AvgIpc) is 3.45. The third-order valence-electron chi connectivity index (χ3n) is 6.08. The van der Waals surface area contributed by atoms with Gasteiger partial charge < -0.3 is 35.3 Å². The number of hydrogen-bond acceptors (Lipinski definition) is 12. The molecule has 0 aliphatic carbocycles. The molecule has 2 aromatic heterocycles. The van der Waals surface area contributed by atoms with Crippen LogP contribution in [0.1, 0.15) is 17.4 Å². The van der Waals surface area contributed by atoms with E-state index >= 15 is 0 Å². The zero-order valence-corrected chi connectivity index (χ0v) is 20.4. The van der Waals surface area contributed by atoms with Gasteiger partial charge in [0.05, 0.1) is 19.9 Å². The van der Waals surface area contributed by atoms with Gasteiger partial charge in [0.2, 0.25) is 5.95 Å². The number of aliphatic hydroxyl groups excluding tert-OH is 3. The van der Waals surface area contributed by atoms with E-state index in [-0.39, 0.29) is 22.9 Å². The summed E-state index contributed by atoms with van der Waals surface area (Å²) in [6, 6.07) is 15.2. The lowest BCUT2D eigenvalue weighted by Gasteiger charge is -2.18. The fraction of sp³-hybridized carbons (Fsp3) is 0.280. The number of ether oxygens (including phenoxy) is 3. The summed E-state index contributed by atoms with van der Waals surface area (Å²) in [6.45, 7) is -0.0817. The van der Waals surface area contributed by atoms with Gasteiger partial charge in [-0.1, -0.05) is 30.3 Å². The molecule has 0 bridgehead atoms. The van der Waals surface area contributed by atoms with Crippen LogP contribution in [-0.2, 0) is 11.3 Å². The summed E-state index contributed by atoms with van der Waals surface area (Å²) in [5, 5.41) is 34.6. The van der Waals surface area contributed by atoms with Crippen molar-refractivity contribution in [1.29, 1.82) is 0 Å². The van der Waals surface area contributed by atoms with Crippen molar-refractivity contribution in [2.75, 3.05) is 24.9 Å². The molecule has 1 fully saturated rings. The van der Waals surface area contributed by atoms with E-state index in [1.54, 1.807) is 25.5 Å². The minimum absolute atomic E-state index is 0.114. The lowest BCUT2D eigenvalue weighted by atomic mass is 10.1. The average molecular weight is 522 g/mol. The molecule has 4 aromatic rings. The van der Waals surface area contributed by atoms with E-state index in [2.05, 4.69) is 25.5 Å². The molecular formula is C25H27N7O6. The predicted octanol–water partition coefficient (Wildman–Crippen LogP) is 1.05. The summed E-state index contributed by atoms with van der Waals surface area (Å²) in [7, 11) is 1.55. The van der Waals surface area contributed by atoms with Gasteiger partial charge in [-0.15, -0.1) is 0 Å². The number of methoxy groups -OCH3 is 1. The number of nitrogens with one attached hydrogen (secondary N) is 1. The third-order valence-corrected chi connectivity index (χ3v) is 6.08. The number of nitrogen functional groups attached to an aromatic ring is 1. The Morgan fingerprint density at radius 1 is 1.13 bits per heavy atom. The van der Waals surface area contributed by atoms with Gasteiger partial charge in [0.1, 0.15) is 31.2 Å². The van der Waals surface area contributed by atoms with E-state index < -0.39 is 31.1 Å². The summed E-state index contributed by atoms with van der Waals surface area (Å²) in [4.78, 5) is 12.6. The molecule has 198 valence electrons. The second-order valence-electron chi connectivity index (χ2n) is 8.52. The Hall–Kier alpha value is -4.30. The van der Waals surface area contributed by atoms with Gasteiger partial charge in [0.25, 0.3) is 0 Å². The molecule has 1 aliphatic rings. The Balaban J connectivity index is 1.37. The van der Waals surface area contributed by atoms with Crippen molar-refractivity contribution >= 4 is 29.1 Å². The SMILES string of the molecule is COc1cc(/C=N/Nc2nc3c(N)ncnc3n2C2OC(CO)C(O)C2O)ccc1OCc1ccccc1. The molecule has 6 N–H and O–H groups in total. The minimum atomic E-state index is -1.36. The molecule has 1 aliphatic heterocycles. The van der Waals surface area contributed by atoms with Crippen LogP contribution in [0.5, 0.6) is 11.5 Å². The van der Waals surface area contributed by atoms with Crippen LogP contribution in [0.25, 0.3) is 11.2 Å². The Kier molecular flexibility index (Phi) is 7.33. The predicted molar refractivity (Wildman–Crippen MR) is 138 cm³/mol. The maximum atomic E-state index is 10.6. The number of rotatable bonds is 9. The quantitative estimate of drug-likeness (QED) is 0.157. The minimum Gasteiger partial charge on any atom is -0.493 e. The molecule has 0 radical (unpaired) electrons. The van der Waals surface area contributed by atoms with Crippen LogP contribution >= 0.6 is 0 Å². The monoisotopic (exact) mass is 521 g/mol. The van der Waals surface area contributed by atoms with E-state index in [0.717, 1.165) is 5.56 Å². The van der Waals surface area contributed by atoms with Crippen LogP contribution in [0.15, 0.2) is 60.0 Å². The molecule has 0 saturated carbocycles. The van der Waals surface area contributed by atoms with Crippen molar-refractivity contribution in [3.63, 3.8) is 0 Å². The summed E-state index contributed by atoms with van der Waals surface area (Å²) < 4.78 is 18.5. The Bertz CT molecular complexity index is 1430. The van der Waals surface area contributed by atoms with Gasteiger partial charge >= 0.3 is 0 Å². The van der Waals surface area contributed by atoms with Crippen molar-refractivity contribution in [3.05, 3.63) is 66.0 Å². The Labute approximate surface area is 217 Å². The molecule has 4 unspecified atom stereocenters. The fourth-order valence-electron chi connectivity index (χ4n) is 4.12. The van der Waals surface area contributed by atoms with Gasteiger partial charge in [-0.05, 0) is 29.3 Å². The van der Waals surface area contributed by atoms with Crippen LogP contribution in [-0.4, -0.2) is 73.1 Å². The molecular weight excluding hydrogens is 494 g/mol. The second kappa shape index (κ2) is 11.0. The first-order chi connectivity index (χ1) is 18.5. The first-order valence-corrected chi connectivity index (χ1v) is 11.7. The summed E-state index contributed by atoms with van der Waals surface area (Å²) >= 11 is 0. The Morgan fingerprint density at radius 2 is 1.95 bits per heavy atom. The first-order valence-electron chi connectivity index (χ1n) is 11.7. The van der Waals surface area contributed by atoms with Crippen LogP contribution in [0.2, 0.25) is 0 Å². The van der Waals surface area contributed by atoms with Gasteiger partial charge in [0.15, 0.2) is 34.7 Å². The molecule has 38 heavy (non-hydrogen) atoms. The van der Waals surface area contributed by atoms with E-state index in [1.165, 1.54) is 10.9 Å². The number of aromatic nitrogens is 4. The van der Waals surface area contributed by atoms with E-state index in [0.29, 0.717) is 23.7 Å². The fourth-order valence-corrected chi connectivity index (χ4v) is 4.12. The third kappa shape index (κ3) is 4.95. The molecule has 2 aromatic carbocycles. The van der Waals surface area contributed by atoms with Crippen molar-refractivity contribution in [2.45, 2.75) is 31.1 Å². The van der Waals surface area contributed by atoms with Crippen molar-refractivity contribution < 1.29 is 29.5 Å². The smallest absolute Gasteiger partial charge is 0.228 e. The van der Waals surface area contributed by atoms with E-state index in [4.69, 9.17) is 19.9 Å². The number of nitrogens with two attached hydrogens (primary N) is 1. The summed E-state index contributed by atoms with van der Waals surface area (Å²) in [5.41, 5.74) is 11.0. The molecule has 5 rings (SSSR count). The van der Waals surface area contributed by atoms with Crippen LogP contribution in [0, 0.1) is 0 Å². The van der Waals surface area contributed by atoms with Gasteiger partial charge in [0, 0.05) is 0 Å². The lowest BCUT2D eigenvalue weighted by molar-refractivity contribution is -0.0501. The van der Waals surface area contributed by atoms with Gasteiger partial charge in [-0.25, -0.2) is 20.4 Å². The maximum absolute atomic E-state index is 10.6. The molecule has 0 spiro atoms. The summed E-state index contributed by atoms with van der Waals surface area (Å²) in [5.74, 6) is 1.37. The molecule has 0 amide bonds. The number of hydrogen-bond donors (Lipinski definition) is 5. The van der Waals surface area contributed by atoms with Crippen LogP contribution in [0.4, 0.5) is 11.8 Å². The topological polar surface area (TPSA) is 182 Å². The van der Waals surface area contributed by atoms with Crippen molar-refractivity contribution in [2.24, 2.45) is 5.10 Å². The number of hydrazone groups is 1. The zero-order valence-electron chi connectivity index (χ0n) is 20.4. The maximum Gasteiger partial charge on any atom is 0.228 e. The molecule has 13 nitrogen and oxygen atoms in total. The number of anilines is 2. The Morgan fingerprint density at radius 3 is 2.68 bits per heavy atom. The largest absolute Gasteiger partial charge is 0.493 e. The zero-order chi connectivity index (χ0) is 26.6. The second-order valence-corrected chi connectivity index (χ2v) is 8.52. The lowest BCUT2D eigenvalue weighted by Crippen LogP contribution is -2.33. The normalized spacial score (nSPS) is 21.3. The number of nitrogens with zero attached hydrogens (tertiary/aromatic N) is 5. The van der Waals surface area contributed by atoms with Gasteiger partial charge in [-0.3, -0.25) is 4.57 Å². The summed E-state index contributed by atoms with van der Waals surface area (Å²) in [6.07, 6.45) is -1.98. The molecule has 13 heteroatoms. The highest BCUT2D eigenvalue weighted by Crippen LogP contribution is 2.35. The molecule has 3 heterocycles. The van der Waals surface area contributed by atoms with Crippen molar-refractivity contribution in [1.82, 2.24) is 19.5 Å². The van der Waals surface area contributed by atoms with Crippen molar-refractivity contribution in [3.8, 4) is 11.5 Å².